The Morgan fingerprint density at radius 2 is 2.00 bits per heavy atom. The summed E-state index contributed by atoms with van der Waals surface area (Å²) in [5.74, 6) is -0.290. The lowest BCUT2D eigenvalue weighted by Gasteiger charge is -2.35. The molecular formula is C18H23N5O2. The molecule has 2 amide bonds. The number of hydrogen-bond acceptors (Lipinski definition) is 4. The van der Waals surface area contributed by atoms with Gasteiger partial charge in [0, 0.05) is 37.1 Å². The fourth-order valence-electron chi connectivity index (χ4n) is 3.20. The average Bonchev–Trinajstić information content (AvgIpc) is 3.06. The quantitative estimate of drug-likeness (QED) is 0.859. The van der Waals surface area contributed by atoms with E-state index in [0.29, 0.717) is 19.5 Å². The molecule has 2 heterocycles. The summed E-state index contributed by atoms with van der Waals surface area (Å²) in [5, 5.41) is 0. The molecule has 1 saturated heterocycles. The van der Waals surface area contributed by atoms with Gasteiger partial charge in [0.25, 0.3) is 0 Å². The minimum atomic E-state index is -0.680. The van der Waals surface area contributed by atoms with Crippen molar-refractivity contribution in [1.82, 2.24) is 14.9 Å². The van der Waals surface area contributed by atoms with Gasteiger partial charge in [-0.1, -0.05) is 6.07 Å². The number of hydrogen-bond donors (Lipinski definition) is 2. The van der Waals surface area contributed by atoms with Gasteiger partial charge in [0.15, 0.2) is 0 Å². The van der Waals surface area contributed by atoms with Crippen LogP contribution in [0.15, 0.2) is 30.7 Å². The lowest BCUT2D eigenvalue weighted by Crippen LogP contribution is -2.56. The number of aromatic amines is 1. The number of benzene rings is 1. The number of amides is 2. The lowest BCUT2D eigenvalue weighted by atomic mass is 10.1. The van der Waals surface area contributed by atoms with E-state index in [1.165, 1.54) is 0 Å². The second-order valence-electron chi connectivity index (χ2n) is 6.54. The maximum atomic E-state index is 12.5. The molecule has 0 unspecified atom stereocenters. The average molecular weight is 341 g/mol. The Labute approximate surface area is 146 Å². The van der Waals surface area contributed by atoms with Crippen LogP contribution in [-0.4, -0.2) is 52.4 Å². The summed E-state index contributed by atoms with van der Waals surface area (Å²) < 4.78 is 0. The molecule has 1 aromatic carbocycles. The third kappa shape index (κ3) is 3.88. The molecule has 1 atom stereocenters. The Morgan fingerprint density at radius 3 is 2.60 bits per heavy atom. The summed E-state index contributed by atoms with van der Waals surface area (Å²) in [6.45, 7) is 5.03. The molecule has 0 radical (unpaired) electrons. The zero-order valence-electron chi connectivity index (χ0n) is 14.5. The number of H-pyrrole nitrogens is 1. The third-order valence-corrected chi connectivity index (χ3v) is 4.36. The highest BCUT2D eigenvalue weighted by Gasteiger charge is 2.30. The van der Waals surface area contributed by atoms with Crippen LogP contribution in [-0.2, 0) is 16.0 Å². The van der Waals surface area contributed by atoms with Crippen LogP contribution >= 0.6 is 0 Å². The molecule has 7 heteroatoms. The minimum absolute atomic E-state index is 0.0580. The molecule has 1 aromatic heterocycles. The molecule has 7 nitrogen and oxygen atoms in total. The van der Waals surface area contributed by atoms with Gasteiger partial charge in [-0.25, -0.2) is 4.98 Å². The van der Waals surface area contributed by atoms with Crippen LogP contribution in [0.25, 0.3) is 0 Å². The van der Waals surface area contributed by atoms with Crippen LogP contribution in [0.1, 0.15) is 16.8 Å². The summed E-state index contributed by atoms with van der Waals surface area (Å²) in [6.07, 6.45) is 3.58. The minimum Gasteiger partial charge on any atom is -0.348 e. The van der Waals surface area contributed by atoms with Crippen molar-refractivity contribution in [3.05, 3.63) is 47.5 Å². The van der Waals surface area contributed by atoms with Crippen LogP contribution in [0.2, 0.25) is 0 Å². The highest BCUT2D eigenvalue weighted by molar-refractivity contribution is 5.98. The van der Waals surface area contributed by atoms with Crippen LogP contribution < -0.4 is 10.6 Å². The largest absolute Gasteiger partial charge is 0.348 e. The molecule has 0 saturated carbocycles. The summed E-state index contributed by atoms with van der Waals surface area (Å²) in [5.41, 5.74) is 9.93. The van der Waals surface area contributed by atoms with Gasteiger partial charge in [0.2, 0.25) is 11.8 Å². The van der Waals surface area contributed by atoms with Crippen molar-refractivity contribution in [3.63, 3.8) is 0 Å². The van der Waals surface area contributed by atoms with Gasteiger partial charge in [-0.2, -0.15) is 0 Å². The van der Waals surface area contributed by atoms with Gasteiger partial charge in [-0.3, -0.25) is 9.59 Å². The van der Waals surface area contributed by atoms with Gasteiger partial charge in [-0.15, -0.1) is 0 Å². The number of nitrogens with zero attached hydrogens (tertiary/aromatic N) is 3. The van der Waals surface area contributed by atoms with Crippen LogP contribution in [0.4, 0.5) is 5.69 Å². The van der Waals surface area contributed by atoms with Crippen LogP contribution in [0.3, 0.4) is 0 Å². The van der Waals surface area contributed by atoms with Crippen molar-refractivity contribution in [2.75, 3.05) is 24.5 Å². The van der Waals surface area contributed by atoms with E-state index in [4.69, 9.17) is 5.73 Å². The van der Waals surface area contributed by atoms with Gasteiger partial charge in [0.05, 0.1) is 12.4 Å². The van der Waals surface area contributed by atoms with E-state index >= 15 is 0 Å². The number of aromatic nitrogens is 2. The number of rotatable bonds is 4. The molecule has 0 aliphatic carbocycles. The van der Waals surface area contributed by atoms with Crippen molar-refractivity contribution in [3.8, 4) is 0 Å². The van der Waals surface area contributed by atoms with Gasteiger partial charge in [0.1, 0.15) is 6.54 Å². The maximum Gasteiger partial charge on any atom is 0.246 e. The van der Waals surface area contributed by atoms with Crippen molar-refractivity contribution < 1.29 is 9.59 Å². The molecule has 2 aromatic rings. The first-order valence-corrected chi connectivity index (χ1v) is 8.34. The summed E-state index contributed by atoms with van der Waals surface area (Å²) in [7, 11) is 0. The molecule has 1 fully saturated rings. The highest BCUT2D eigenvalue weighted by Crippen LogP contribution is 2.21. The van der Waals surface area contributed by atoms with E-state index in [1.807, 2.05) is 26.0 Å². The number of carbonyl (C=O) groups is 2. The van der Waals surface area contributed by atoms with Crippen molar-refractivity contribution in [2.24, 2.45) is 5.73 Å². The fraction of sp³-hybridized carbons (Fsp3) is 0.389. The third-order valence-electron chi connectivity index (χ3n) is 4.36. The van der Waals surface area contributed by atoms with Gasteiger partial charge < -0.3 is 20.5 Å². The number of nitrogens with one attached hydrogen (secondary N) is 1. The standard InChI is InChI=1S/C18H23N5O2/c1-12-5-13(2)7-15(6-12)23-4-3-22(10-17(23)24)18(25)16(19)8-14-9-20-11-21-14/h5-7,9,11,16H,3-4,8,10,19H2,1-2H3,(H,20,21)/t16-/m0/s1. The van der Waals surface area contributed by atoms with Crippen molar-refractivity contribution in [1.29, 1.82) is 0 Å². The first-order chi connectivity index (χ1) is 11.9. The molecule has 0 spiro atoms. The molecule has 132 valence electrons. The van der Waals surface area contributed by atoms with E-state index in [1.54, 1.807) is 22.3 Å². The predicted molar refractivity (Wildman–Crippen MR) is 95.1 cm³/mol. The number of aryl methyl sites for hydroxylation is 2. The summed E-state index contributed by atoms with van der Waals surface area (Å²) >= 11 is 0. The van der Waals surface area contributed by atoms with E-state index in [2.05, 4.69) is 16.0 Å². The lowest BCUT2D eigenvalue weighted by molar-refractivity contribution is -0.137. The van der Waals surface area contributed by atoms with Crippen molar-refractivity contribution >= 4 is 17.5 Å². The Morgan fingerprint density at radius 1 is 1.28 bits per heavy atom. The highest BCUT2D eigenvalue weighted by atomic mass is 16.2. The molecule has 3 N–H and O–H groups in total. The van der Waals surface area contributed by atoms with Crippen LogP contribution in [0.5, 0.6) is 0 Å². The summed E-state index contributed by atoms with van der Waals surface area (Å²) in [6, 6.07) is 5.38. The van der Waals surface area contributed by atoms with Gasteiger partial charge >= 0.3 is 0 Å². The zero-order chi connectivity index (χ0) is 18.0. The number of carbonyl (C=O) groups excluding carboxylic acids is 2. The van der Waals surface area contributed by atoms with E-state index in [9.17, 15) is 9.59 Å². The Bertz CT molecular complexity index is 752. The SMILES string of the molecule is Cc1cc(C)cc(N2CCN(C(=O)[C@@H](N)Cc3cnc[nH]3)CC2=O)c1. The monoisotopic (exact) mass is 341 g/mol. The Kier molecular flexibility index (Phi) is 4.85. The first kappa shape index (κ1) is 17.2. The number of anilines is 1. The maximum absolute atomic E-state index is 12.5. The Balaban J connectivity index is 1.64. The molecule has 1 aliphatic rings. The fourth-order valence-corrected chi connectivity index (χ4v) is 3.20. The predicted octanol–water partition coefficient (Wildman–Crippen LogP) is 0.772. The zero-order valence-corrected chi connectivity index (χ0v) is 14.5. The molecule has 0 bridgehead atoms. The van der Waals surface area contributed by atoms with E-state index in [0.717, 1.165) is 22.5 Å². The second-order valence-corrected chi connectivity index (χ2v) is 6.54. The van der Waals surface area contributed by atoms with Crippen molar-refractivity contribution in [2.45, 2.75) is 26.3 Å². The van der Waals surface area contributed by atoms with E-state index < -0.39 is 6.04 Å². The molecular weight excluding hydrogens is 318 g/mol. The topological polar surface area (TPSA) is 95.3 Å². The second kappa shape index (κ2) is 7.06. The smallest absolute Gasteiger partial charge is 0.246 e. The van der Waals surface area contributed by atoms with E-state index in [-0.39, 0.29) is 18.4 Å². The molecule has 1 aliphatic heterocycles. The normalized spacial score (nSPS) is 16.2. The molecule has 3 rings (SSSR count). The first-order valence-electron chi connectivity index (χ1n) is 8.34. The molecule has 25 heavy (non-hydrogen) atoms. The van der Waals surface area contributed by atoms with Crippen LogP contribution in [0, 0.1) is 13.8 Å². The number of imidazole rings is 1. The van der Waals surface area contributed by atoms with Gasteiger partial charge in [-0.05, 0) is 37.1 Å². The summed E-state index contributed by atoms with van der Waals surface area (Å²) in [4.78, 5) is 35.2. The Hall–Kier alpha value is -2.67. The number of nitrogens with two attached hydrogens (primary N) is 1. The number of piperazine rings is 1.